The Morgan fingerprint density at radius 3 is 2.57 bits per heavy atom. The lowest BCUT2D eigenvalue weighted by atomic mass is 10.1. The number of esters is 1. The van der Waals surface area contributed by atoms with E-state index in [0.29, 0.717) is 29.5 Å². The van der Waals surface area contributed by atoms with Crippen LogP contribution in [0.15, 0.2) is 48.5 Å². The first-order valence-electron chi connectivity index (χ1n) is 9.64. The van der Waals surface area contributed by atoms with Gasteiger partial charge in [0.05, 0.1) is 25.3 Å². The fraction of sp³-hybridized carbons (Fsp3) is 0.318. The number of para-hydroxylation sites is 2. The third kappa shape index (κ3) is 5.08. The number of benzene rings is 2. The number of hydrogen-bond donors (Lipinski definition) is 1. The van der Waals surface area contributed by atoms with Gasteiger partial charge in [0, 0.05) is 18.7 Å². The van der Waals surface area contributed by atoms with E-state index in [1.807, 2.05) is 13.0 Å². The highest BCUT2D eigenvalue weighted by atomic mass is 16.5. The molecule has 8 heteroatoms. The van der Waals surface area contributed by atoms with Crippen molar-refractivity contribution in [2.75, 3.05) is 37.1 Å². The van der Waals surface area contributed by atoms with Gasteiger partial charge in [0.2, 0.25) is 5.91 Å². The highest BCUT2D eigenvalue weighted by Crippen LogP contribution is 2.33. The molecule has 1 heterocycles. The molecule has 0 radical (unpaired) electrons. The summed E-state index contributed by atoms with van der Waals surface area (Å²) >= 11 is 0. The van der Waals surface area contributed by atoms with E-state index >= 15 is 0 Å². The summed E-state index contributed by atoms with van der Waals surface area (Å²) in [7, 11) is 1.55. The molecule has 0 unspecified atom stereocenters. The first kappa shape index (κ1) is 21.2. The second kappa shape index (κ2) is 9.78. The van der Waals surface area contributed by atoms with Gasteiger partial charge in [-0.05, 0) is 43.3 Å². The topological polar surface area (TPSA) is 94.2 Å². The molecule has 1 atom stereocenters. The second-order valence-electron chi connectivity index (χ2n) is 6.69. The van der Waals surface area contributed by atoms with Crippen LogP contribution >= 0.6 is 0 Å². The van der Waals surface area contributed by atoms with Crippen molar-refractivity contribution in [3.05, 3.63) is 48.5 Å². The van der Waals surface area contributed by atoms with Crippen LogP contribution in [-0.2, 0) is 19.1 Å². The van der Waals surface area contributed by atoms with Gasteiger partial charge in [-0.1, -0.05) is 12.1 Å². The number of amides is 2. The molecule has 1 fully saturated rings. The molecule has 8 nitrogen and oxygen atoms in total. The number of carbonyl (C=O) groups excluding carboxylic acids is 3. The van der Waals surface area contributed by atoms with Crippen LogP contribution in [-0.4, -0.2) is 44.7 Å². The minimum Gasteiger partial charge on any atom is -0.497 e. The molecule has 0 spiro atoms. The summed E-state index contributed by atoms with van der Waals surface area (Å²) in [6.07, 6.45) is 0.0272. The number of carbonyl (C=O) groups is 3. The summed E-state index contributed by atoms with van der Waals surface area (Å²) in [5.74, 6) is -0.615. The quantitative estimate of drug-likeness (QED) is 0.670. The van der Waals surface area contributed by atoms with Crippen LogP contribution in [0.4, 0.5) is 11.4 Å². The summed E-state index contributed by atoms with van der Waals surface area (Å²) in [6.45, 7) is 2.08. The maximum atomic E-state index is 12.5. The van der Waals surface area contributed by atoms with Crippen molar-refractivity contribution in [3.63, 3.8) is 0 Å². The third-order valence-corrected chi connectivity index (χ3v) is 4.63. The summed E-state index contributed by atoms with van der Waals surface area (Å²) in [4.78, 5) is 38.4. The number of ether oxygens (including phenoxy) is 3. The van der Waals surface area contributed by atoms with Gasteiger partial charge < -0.3 is 24.4 Å². The lowest BCUT2D eigenvalue weighted by molar-refractivity contribution is -0.151. The van der Waals surface area contributed by atoms with E-state index in [2.05, 4.69) is 5.32 Å². The monoisotopic (exact) mass is 412 g/mol. The van der Waals surface area contributed by atoms with Gasteiger partial charge in [-0.25, -0.2) is 0 Å². The molecular formula is C22H24N2O6. The molecule has 0 bridgehead atoms. The standard InChI is InChI=1S/C22H24N2O6/c1-3-29-19-7-5-4-6-18(19)24-13-15(12-21(24)26)22(27)30-14-20(25)23-16-8-10-17(28-2)11-9-16/h4-11,15H,3,12-14H2,1-2H3,(H,23,25)/t15-/m1/s1. The SMILES string of the molecule is CCOc1ccccc1N1C[C@H](C(=O)OCC(=O)Nc2ccc(OC)cc2)CC1=O. The normalized spacial score (nSPS) is 15.6. The molecule has 2 amide bonds. The Kier molecular flexibility index (Phi) is 6.90. The Bertz CT molecular complexity index is 912. The third-order valence-electron chi connectivity index (χ3n) is 4.63. The highest BCUT2D eigenvalue weighted by Gasteiger charge is 2.37. The Balaban J connectivity index is 1.53. The van der Waals surface area contributed by atoms with E-state index < -0.39 is 24.4 Å². The van der Waals surface area contributed by atoms with E-state index in [4.69, 9.17) is 14.2 Å². The van der Waals surface area contributed by atoms with Gasteiger partial charge >= 0.3 is 5.97 Å². The van der Waals surface area contributed by atoms with Gasteiger partial charge in [0.15, 0.2) is 6.61 Å². The summed E-state index contributed by atoms with van der Waals surface area (Å²) in [5, 5.41) is 2.64. The largest absolute Gasteiger partial charge is 0.497 e. The van der Waals surface area contributed by atoms with Crippen LogP contribution in [0.5, 0.6) is 11.5 Å². The fourth-order valence-electron chi connectivity index (χ4n) is 3.18. The molecule has 0 aliphatic carbocycles. The van der Waals surface area contributed by atoms with E-state index in [1.165, 1.54) is 4.90 Å². The predicted octanol–water partition coefficient (Wildman–Crippen LogP) is 2.63. The van der Waals surface area contributed by atoms with Gasteiger partial charge in [-0.3, -0.25) is 14.4 Å². The maximum Gasteiger partial charge on any atom is 0.311 e. The minimum atomic E-state index is -0.638. The van der Waals surface area contributed by atoms with Crippen molar-refractivity contribution < 1.29 is 28.6 Å². The van der Waals surface area contributed by atoms with Crippen LogP contribution in [0.25, 0.3) is 0 Å². The van der Waals surface area contributed by atoms with Gasteiger partial charge in [-0.2, -0.15) is 0 Å². The highest BCUT2D eigenvalue weighted by molar-refractivity contribution is 6.01. The van der Waals surface area contributed by atoms with Crippen LogP contribution < -0.4 is 19.7 Å². The van der Waals surface area contributed by atoms with Crippen LogP contribution in [0.3, 0.4) is 0 Å². The van der Waals surface area contributed by atoms with E-state index in [9.17, 15) is 14.4 Å². The Labute approximate surface area is 174 Å². The summed E-state index contributed by atoms with van der Waals surface area (Å²) in [5.41, 5.74) is 1.18. The lowest BCUT2D eigenvalue weighted by Crippen LogP contribution is -2.28. The molecule has 1 saturated heterocycles. The molecule has 1 N–H and O–H groups in total. The van der Waals surface area contributed by atoms with Crippen molar-refractivity contribution in [1.29, 1.82) is 0 Å². The van der Waals surface area contributed by atoms with Gasteiger partial charge in [0.25, 0.3) is 5.91 Å². The molecule has 0 aromatic heterocycles. The number of nitrogens with one attached hydrogen (secondary N) is 1. The van der Waals surface area contributed by atoms with Crippen LogP contribution in [0.2, 0.25) is 0 Å². The molecule has 2 aromatic carbocycles. The average Bonchev–Trinajstić information content (AvgIpc) is 3.15. The zero-order chi connectivity index (χ0) is 21.5. The molecule has 158 valence electrons. The number of methoxy groups -OCH3 is 1. The van der Waals surface area contributed by atoms with E-state index in [0.717, 1.165) is 0 Å². The summed E-state index contributed by atoms with van der Waals surface area (Å²) < 4.78 is 15.8. The van der Waals surface area contributed by atoms with E-state index in [1.54, 1.807) is 49.6 Å². The average molecular weight is 412 g/mol. The first-order valence-corrected chi connectivity index (χ1v) is 9.64. The van der Waals surface area contributed by atoms with Gasteiger partial charge in [0.1, 0.15) is 11.5 Å². The van der Waals surface area contributed by atoms with Crippen molar-refractivity contribution in [2.24, 2.45) is 5.92 Å². The number of rotatable bonds is 8. The Morgan fingerprint density at radius 1 is 1.13 bits per heavy atom. The zero-order valence-corrected chi connectivity index (χ0v) is 16.9. The first-order chi connectivity index (χ1) is 14.5. The molecule has 2 aromatic rings. The van der Waals surface area contributed by atoms with Crippen LogP contribution in [0, 0.1) is 5.92 Å². The van der Waals surface area contributed by atoms with Gasteiger partial charge in [-0.15, -0.1) is 0 Å². The second-order valence-corrected chi connectivity index (χ2v) is 6.69. The number of nitrogens with zero attached hydrogens (tertiary/aromatic N) is 1. The lowest BCUT2D eigenvalue weighted by Gasteiger charge is -2.19. The van der Waals surface area contributed by atoms with Crippen molar-refractivity contribution >= 4 is 29.2 Å². The smallest absolute Gasteiger partial charge is 0.311 e. The fourth-order valence-corrected chi connectivity index (χ4v) is 3.18. The molecule has 3 rings (SSSR count). The molecule has 0 saturated carbocycles. The Morgan fingerprint density at radius 2 is 1.87 bits per heavy atom. The molecule has 1 aliphatic rings. The maximum absolute atomic E-state index is 12.5. The Hall–Kier alpha value is -3.55. The molecule has 1 aliphatic heterocycles. The van der Waals surface area contributed by atoms with Crippen molar-refractivity contribution in [3.8, 4) is 11.5 Å². The van der Waals surface area contributed by atoms with E-state index in [-0.39, 0.29) is 18.9 Å². The van der Waals surface area contributed by atoms with Crippen molar-refractivity contribution in [1.82, 2.24) is 0 Å². The number of anilines is 2. The van der Waals surface area contributed by atoms with Crippen LogP contribution in [0.1, 0.15) is 13.3 Å². The number of hydrogen-bond acceptors (Lipinski definition) is 6. The summed E-state index contributed by atoms with van der Waals surface area (Å²) in [6, 6.07) is 14.0. The molecule has 30 heavy (non-hydrogen) atoms. The minimum absolute atomic E-state index is 0.0272. The van der Waals surface area contributed by atoms with Crippen molar-refractivity contribution in [2.45, 2.75) is 13.3 Å². The molecular weight excluding hydrogens is 388 g/mol. The predicted molar refractivity (Wildman–Crippen MR) is 111 cm³/mol. The zero-order valence-electron chi connectivity index (χ0n) is 16.9.